The molecule has 0 saturated carbocycles. The molecule has 8 heteroatoms. The molecule has 35 heavy (non-hydrogen) atoms. The monoisotopic (exact) mass is 472 g/mol. The van der Waals surface area contributed by atoms with Crippen molar-refractivity contribution in [2.75, 3.05) is 17.2 Å². The lowest BCUT2D eigenvalue weighted by Gasteiger charge is -2.13. The van der Waals surface area contributed by atoms with Crippen LogP contribution >= 0.6 is 0 Å². The predicted molar refractivity (Wildman–Crippen MR) is 137 cm³/mol. The van der Waals surface area contributed by atoms with Crippen LogP contribution in [0.5, 0.6) is 5.75 Å². The average Bonchev–Trinajstić information content (AvgIpc) is 2.82. The van der Waals surface area contributed by atoms with Crippen molar-refractivity contribution in [3.8, 4) is 5.75 Å². The molecule has 0 aromatic heterocycles. The van der Waals surface area contributed by atoms with Crippen LogP contribution in [0.15, 0.2) is 65.8 Å². The maximum atomic E-state index is 12.3. The quantitative estimate of drug-likeness (QED) is 0.274. The van der Waals surface area contributed by atoms with Gasteiger partial charge in [-0.15, -0.1) is 0 Å². The molecule has 8 nitrogen and oxygen atoms in total. The third-order valence-electron chi connectivity index (χ3n) is 5.09. The van der Waals surface area contributed by atoms with Crippen molar-refractivity contribution >= 4 is 35.3 Å². The molecule has 0 saturated heterocycles. The van der Waals surface area contributed by atoms with Crippen molar-refractivity contribution in [3.05, 3.63) is 88.5 Å². The number of amides is 3. The molecule has 3 rings (SSSR count). The molecule has 0 atom stereocenters. The van der Waals surface area contributed by atoms with E-state index in [1.165, 1.54) is 6.21 Å². The normalized spacial score (nSPS) is 10.6. The number of anilines is 2. The number of hydrazone groups is 1. The number of nitrogens with one attached hydrogen (secondary N) is 3. The van der Waals surface area contributed by atoms with Crippen LogP contribution in [0.25, 0.3) is 0 Å². The fourth-order valence-corrected chi connectivity index (χ4v) is 3.39. The number of hydrogen-bond acceptors (Lipinski definition) is 5. The largest absolute Gasteiger partial charge is 0.484 e. The highest BCUT2D eigenvalue weighted by Crippen LogP contribution is 2.22. The van der Waals surface area contributed by atoms with Crippen LogP contribution in [0.2, 0.25) is 0 Å². The van der Waals surface area contributed by atoms with Gasteiger partial charge in [0, 0.05) is 11.4 Å². The molecule has 3 amide bonds. The van der Waals surface area contributed by atoms with Crippen LogP contribution in [-0.2, 0) is 14.4 Å². The third-order valence-corrected chi connectivity index (χ3v) is 5.09. The summed E-state index contributed by atoms with van der Waals surface area (Å²) in [6.45, 7) is 7.72. The van der Waals surface area contributed by atoms with E-state index >= 15 is 0 Å². The summed E-state index contributed by atoms with van der Waals surface area (Å²) in [5.74, 6) is -1.44. The minimum absolute atomic E-state index is 0.133. The van der Waals surface area contributed by atoms with Crippen molar-refractivity contribution in [2.24, 2.45) is 5.10 Å². The van der Waals surface area contributed by atoms with Crippen LogP contribution in [0.4, 0.5) is 11.4 Å². The Labute approximate surface area is 204 Å². The van der Waals surface area contributed by atoms with Crippen molar-refractivity contribution in [1.29, 1.82) is 0 Å². The molecule has 180 valence electrons. The molecule has 0 aliphatic rings. The lowest BCUT2D eigenvalue weighted by Crippen LogP contribution is -2.32. The van der Waals surface area contributed by atoms with E-state index in [9.17, 15) is 14.4 Å². The summed E-state index contributed by atoms with van der Waals surface area (Å²) in [5, 5.41) is 9.19. The first-order valence-electron chi connectivity index (χ1n) is 11.0. The van der Waals surface area contributed by atoms with E-state index in [-0.39, 0.29) is 12.5 Å². The number of aryl methyl sites for hydroxylation is 4. The second kappa shape index (κ2) is 11.6. The Kier molecular flexibility index (Phi) is 8.34. The van der Waals surface area contributed by atoms with Gasteiger partial charge in [0.2, 0.25) is 0 Å². The summed E-state index contributed by atoms with van der Waals surface area (Å²) in [4.78, 5) is 36.1. The molecule has 0 aliphatic carbocycles. The number of benzene rings is 3. The second-order valence-electron chi connectivity index (χ2n) is 8.20. The van der Waals surface area contributed by atoms with Crippen LogP contribution in [0.3, 0.4) is 0 Å². The number of carbonyl (C=O) groups excluding carboxylic acids is 3. The Morgan fingerprint density at radius 3 is 2.06 bits per heavy atom. The Morgan fingerprint density at radius 1 is 0.800 bits per heavy atom. The maximum Gasteiger partial charge on any atom is 0.329 e. The van der Waals surface area contributed by atoms with E-state index < -0.39 is 11.8 Å². The first-order chi connectivity index (χ1) is 16.7. The number of rotatable bonds is 7. The highest BCUT2D eigenvalue weighted by Gasteiger charge is 2.13. The first kappa shape index (κ1) is 25.2. The fourth-order valence-electron chi connectivity index (χ4n) is 3.39. The van der Waals surface area contributed by atoms with E-state index in [1.807, 2.05) is 52.0 Å². The van der Waals surface area contributed by atoms with Gasteiger partial charge in [0.1, 0.15) is 5.75 Å². The highest BCUT2D eigenvalue weighted by molar-refractivity contribution is 6.39. The zero-order valence-corrected chi connectivity index (χ0v) is 20.1. The molecule has 0 spiro atoms. The fraction of sp³-hybridized carbons (Fsp3) is 0.185. The van der Waals surface area contributed by atoms with Crippen LogP contribution in [0.1, 0.15) is 27.8 Å². The molecule has 3 N–H and O–H groups in total. The smallest absolute Gasteiger partial charge is 0.329 e. The molecule has 0 radical (unpaired) electrons. The zero-order chi connectivity index (χ0) is 25.4. The van der Waals surface area contributed by atoms with Gasteiger partial charge >= 0.3 is 11.8 Å². The van der Waals surface area contributed by atoms with E-state index in [1.54, 1.807) is 36.4 Å². The summed E-state index contributed by atoms with van der Waals surface area (Å²) in [7, 11) is 0. The number of ether oxygens (including phenoxy) is 1. The van der Waals surface area contributed by atoms with E-state index in [2.05, 4.69) is 21.2 Å². The minimum atomic E-state index is -0.883. The predicted octanol–water partition coefficient (Wildman–Crippen LogP) is 4.03. The number of hydrogen-bond donors (Lipinski definition) is 3. The summed E-state index contributed by atoms with van der Waals surface area (Å²) in [6.07, 6.45) is 1.40. The molecule has 0 aliphatic heterocycles. The highest BCUT2D eigenvalue weighted by atomic mass is 16.5. The Hall–Kier alpha value is -4.46. The Bertz CT molecular complexity index is 1230. The van der Waals surface area contributed by atoms with Gasteiger partial charge in [-0.3, -0.25) is 14.4 Å². The second-order valence-corrected chi connectivity index (χ2v) is 8.20. The van der Waals surface area contributed by atoms with Crippen LogP contribution in [-0.4, -0.2) is 30.5 Å². The van der Waals surface area contributed by atoms with Crippen molar-refractivity contribution < 1.29 is 19.1 Å². The first-order valence-corrected chi connectivity index (χ1v) is 11.0. The van der Waals surface area contributed by atoms with Gasteiger partial charge in [-0.1, -0.05) is 35.4 Å². The molecular formula is C27H28N4O4. The third kappa shape index (κ3) is 7.53. The van der Waals surface area contributed by atoms with Crippen LogP contribution in [0, 0.1) is 27.7 Å². The number of carbonyl (C=O) groups is 3. The summed E-state index contributed by atoms with van der Waals surface area (Å²) >= 11 is 0. The molecular weight excluding hydrogens is 444 g/mol. The SMILES string of the molecule is Cc1ccc(NC(=O)C(=O)N/N=C\c2ccc(OCC(=O)Nc3c(C)cc(C)cc3C)cc2)cc1. The lowest BCUT2D eigenvalue weighted by atomic mass is 10.1. The topological polar surface area (TPSA) is 109 Å². The van der Waals surface area contributed by atoms with Gasteiger partial charge in [0.25, 0.3) is 5.91 Å². The summed E-state index contributed by atoms with van der Waals surface area (Å²) in [5.41, 5.74) is 8.36. The van der Waals surface area contributed by atoms with E-state index in [0.717, 1.165) is 27.9 Å². The Morgan fingerprint density at radius 2 is 1.43 bits per heavy atom. The molecule has 0 fully saturated rings. The lowest BCUT2D eigenvalue weighted by molar-refractivity contribution is -0.136. The van der Waals surface area contributed by atoms with Crippen molar-refractivity contribution in [1.82, 2.24) is 5.43 Å². The van der Waals surface area contributed by atoms with Gasteiger partial charge in [0.05, 0.1) is 6.21 Å². The maximum absolute atomic E-state index is 12.3. The molecule has 0 unspecified atom stereocenters. The number of nitrogens with zero attached hydrogens (tertiary/aromatic N) is 1. The minimum Gasteiger partial charge on any atom is -0.484 e. The molecule has 3 aromatic rings. The van der Waals surface area contributed by atoms with Crippen molar-refractivity contribution in [2.45, 2.75) is 27.7 Å². The standard InChI is InChI=1S/C27H28N4O4/c1-17-5-9-22(10-6-17)29-26(33)27(34)31-28-15-21-7-11-23(12-8-21)35-16-24(32)30-25-19(3)13-18(2)14-20(25)4/h5-15H,16H2,1-4H3,(H,29,33)(H,30,32)(H,31,34)/b28-15-. The Balaban J connectivity index is 1.45. The van der Waals surface area contributed by atoms with E-state index in [0.29, 0.717) is 17.0 Å². The summed E-state index contributed by atoms with van der Waals surface area (Å²) in [6, 6.07) is 17.9. The zero-order valence-electron chi connectivity index (χ0n) is 20.1. The molecule has 3 aromatic carbocycles. The average molecular weight is 473 g/mol. The molecule has 0 bridgehead atoms. The van der Waals surface area contributed by atoms with Crippen LogP contribution < -0.4 is 20.8 Å². The van der Waals surface area contributed by atoms with Gasteiger partial charge in [-0.25, -0.2) is 5.43 Å². The molecule has 0 heterocycles. The van der Waals surface area contributed by atoms with Crippen molar-refractivity contribution in [3.63, 3.8) is 0 Å². The van der Waals surface area contributed by atoms with Gasteiger partial charge in [-0.05, 0) is 80.8 Å². The van der Waals surface area contributed by atoms with Gasteiger partial charge < -0.3 is 15.4 Å². The summed E-state index contributed by atoms with van der Waals surface area (Å²) < 4.78 is 5.56. The van der Waals surface area contributed by atoms with Gasteiger partial charge in [0.15, 0.2) is 6.61 Å². The van der Waals surface area contributed by atoms with Gasteiger partial charge in [-0.2, -0.15) is 5.10 Å². The van der Waals surface area contributed by atoms with E-state index in [4.69, 9.17) is 4.74 Å².